The van der Waals surface area contributed by atoms with Gasteiger partial charge in [0.25, 0.3) is 0 Å². The van der Waals surface area contributed by atoms with Crippen LogP contribution in [0.1, 0.15) is 6.92 Å². The first-order valence-corrected chi connectivity index (χ1v) is 6.36. The van der Waals surface area contributed by atoms with Crippen molar-refractivity contribution >= 4 is 16.6 Å². The molecule has 0 fully saturated rings. The van der Waals surface area contributed by atoms with Crippen molar-refractivity contribution in [2.75, 3.05) is 0 Å². The molecule has 3 heteroatoms. The fourth-order valence-electron chi connectivity index (χ4n) is 2.59. The number of aryl methyl sites for hydroxylation is 1. The molecule has 0 spiro atoms. The Bertz CT molecular complexity index is 729. The SMILES string of the molecule is CCn1c(-c2ccccc2)c(N=O)c2ccccc21. The highest BCUT2D eigenvalue weighted by Crippen LogP contribution is 2.39. The van der Waals surface area contributed by atoms with Gasteiger partial charge in [-0.25, -0.2) is 0 Å². The molecule has 19 heavy (non-hydrogen) atoms. The first-order chi connectivity index (χ1) is 9.36. The Morgan fingerprint density at radius 1 is 1.00 bits per heavy atom. The molecule has 0 radical (unpaired) electrons. The van der Waals surface area contributed by atoms with Gasteiger partial charge >= 0.3 is 0 Å². The van der Waals surface area contributed by atoms with Crippen molar-refractivity contribution in [3.63, 3.8) is 0 Å². The van der Waals surface area contributed by atoms with Crippen molar-refractivity contribution in [2.45, 2.75) is 13.5 Å². The molecule has 0 saturated carbocycles. The first-order valence-electron chi connectivity index (χ1n) is 6.36. The van der Waals surface area contributed by atoms with Gasteiger partial charge < -0.3 is 4.57 Å². The number of para-hydroxylation sites is 1. The molecule has 2 aromatic carbocycles. The number of nitroso groups, excluding NO2 is 1. The van der Waals surface area contributed by atoms with E-state index in [1.54, 1.807) is 0 Å². The highest BCUT2D eigenvalue weighted by atomic mass is 16.3. The zero-order valence-electron chi connectivity index (χ0n) is 10.7. The quantitative estimate of drug-likeness (QED) is 0.619. The summed E-state index contributed by atoms with van der Waals surface area (Å²) >= 11 is 0. The maximum absolute atomic E-state index is 11.3. The van der Waals surface area contributed by atoms with Gasteiger partial charge in [0.05, 0.1) is 11.2 Å². The predicted molar refractivity (Wildman–Crippen MR) is 78.5 cm³/mol. The summed E-state index contributed by atoms with van der Waals surface area (Å²) in [6.07, 6.45) is 0. The highest BCUT2D eigenvalue weighted by molar-refractivity contribution is 6.00. The third kappa shape index (κ3) is 1.74. The van der Waals surface area contributed by atoms with Gasteiger partial charge in [-0.3, -0.25) is 0 Å². The second-order valence-electron chi connectivity index (χ2n) is 4.42. The summed E-state index contributed by atoms with van der Waals surface area (Å²) in [5.41, 5.74) is 3.51. The Balaban J connectivity index is 2.43. The van der Waals surface area contributed by atoms with Crippen LogP contribution in [0.15, 0.2) is 59.8 Å². The second kappa shape index (κ2) is 4.69. The van der Waals surface area contributed by atoms with Crippen molar-refractivity contribution in [1.29, 1.82) is 0 Å². The van der Waals surface area contributed by atoms with E-state index >= 15 is 0 Å². The third-order valence-corrected chi connectivity index (χ3v) is 3.40. The monoisotopic (exact) mass is 250 g/mol. The van der Waals surface area contributed by atoms with Crippen LogP contribution in [0.4, 0.5) is 5.69 Å². The average Bonchev–Trinajstić information content (AvgIpc) is 2.81. The van der Waals surface area contributed by atoms with E-state index in [4.69, 9.17) is 0 Å². The number of nitrogens with zero attached hydrogens (tertiary/aromatic N) is 2. The van der Waals surface area contributed by atoms with E-state index < -0.39 is 0 Å². The maximum Gasteiger partial charge on any atom is 0.141 e. The summed E-state index contributed by atoms with van der Waals surface area (Å²) in [4.78, 5) is 11.3. The van der Waals surface area contributed by atoms with Crippen LogP contribution in [0.5, 0.6) is 0 Å². The smallest absolute Gasteiger partial charge is 0.141 e. The molecule has 0 atom stereocenters. The fourth-order valence-corrected chi connectivity index (χ4v) is 2.59. The molecule has 94 valence electrons. The molecule has 0 aliphatic heterocycles. The van der Waals surface area contributed by atoms with E-state index in [-0.39, 0.29) is 0 Å². The first kappa shape index (κ1) is 11.7. The molecule has 0 aliphatic carbocycles. The lowest BCUT2D eigenvalue weighted by Crippen LogP contribution is -1.96. The zero-order valence-corrected chi connectivity index (χ0v) is 10.7. The third-order valence-electron chi connectivity index (χ3n) is 3.40. The van der Waals surface area contributed by atoms with Crippen LogP contribution in [0.25, 0.3) is 22.2 Å². The minimum Gasteiger partial charge on any atom is -0.339 e. The van der Waals surface area contributed by atoms with Gasteiger partial charge in [-0.05, 0) is 18.2 Å². The van der Waals surface area contributed by atoms with Crippen LogP contribution in [0.2, 0.25) is 0 Å². The van der Waals surface area contributed by atoms with E-state index in [1.807, 2.05) is 54.6 Å². The number of fused-ring (bicyclic) bond motifs is 1. The Morgan fingerprint density at radius 3 is 2.37 bits per heavy atom. The van der Waals surface area contributed by atoms with Gasteiger partial charge in [-0.15, -0.1) is 4.91 Å². The van der Waals surface area contributed by atoms with E-state index in [0.717, 1.165) is 28.7 Å². The largest absolute Gasteiger partial charge is 0.339 e. The molecule has 3 rings (SSSR count). The lowest BCUT2D eigenvalue weighted by Gasteiger charge is -2.07. The Kier molecular flexibility index (Phi) is 2.88. The van der Waals surface area contributed by atoms with Gasteiger partial charge in [0.15, 0.2) is 0 Å². The molecule has 3 nitrogen and oxygen atoms in total. The van der Waals surface area contributed by atoms with Crippen LogP contribution in [-0.2, 0) is 6.54 Å². The molecule has 1 heterocycles. The normalized spacial score (nSPS) is 10.8. The summed E-state index contributed by atoms with van der Waals surface area (Å²) in [7, 11) is 0. The maximum atomic E-state index is 11.3. The van der Waals surface area contributed by atoms with Crippen molar-refractivity contribution in [3.8, 4) is 11.3 Å². The average molecular weight is 250 g/mol. The predicted octanol–water partition coefficient (Wildman–Crippen LogP) is 4.73. The molecule has 0 unspecified atom stereocenters. The van der Waals surface area contributed by atoms with Gasteiger partial charge in [0.2, 0.25) is 0 Å². The number of benzene rings is 2. The zero-order chi connectivity index (χ0) is 13.2. The van der Waals surface area contributed by atoms with E-state index in [2.05, 4.69) is 16.7 Å². The van der Waals surface area contributed by atoms with Crippen molar-refractivity contribution in [3.05, 3.63) is 59.5 Å². The minimum atomic E-state index is 0.531. The van der Waals surface area contributed by atoms with Crippen molar-refractivity contribution in [2.24, 2.45) is 5.18 Å². The Labute approximate surface area is 111 Å². The van der Waals surface area contributed by atoms with E-state index in [0.29, 0.717) is 5.69 Å². The summed E-state index contributed by atoms with van der Waals surface area (Å²) in [5.74, 6) is 0. The van der Waals surface area contributed by atoms with E-state index in [9.17, 15) is 4.91 Å². The van der Waals surface area contributed by atoms with Crippen LogP contribution >= 0.6 is 0 Å². The number of hydrogen-bond acceptors (Lipinski definition) is 2. The van der Waals surface area contributed by atoms with Gasteiger partial charge in [0, 0.05) is 17.5 Å². The van der Waals surface area contributed by atoms with Crippen molar-refractivity contribution in [1.82, 2.24) is 4.57 Å². The second-order valence-corrected chi connectivity index (χ2v) is 4.42. The van der Waals surface area contributed by atoms with Gasteiger partial charge in [0.1, 0.15) is 5.69 Å². The number of hydrogen-bond donors (Lipinski definition) is 0. The molecule has 3 aromatic rings. The van der Waals surface area contributed by atoms with Crippen LogP contribution in [0, 0.1) is 4.91 Å². The van der Waals surface area contributed by atoms with Crippen LogP contribution < -0.4 is 0 Å². The van der Waals surface area contributed by atoms with Crippen molar-refractivity contribution < 1.29 is 0 Å². The Morgan fingerprint density at radius 2 is 1.68 bits per heavy atom. The van der Waals surface area contributed by atoms with Gasteiger partial charge in [-0.1, -0.05) is 48.5 Å². The van der Waals surface area contributed by atoms with E-state index in [1.165, 1.54) is 0 Å². The molecule has 0 saturated heterocycles. The topological polar surface area (TPSA) is 34.4 Å². The molecular weight excluding hydrogens is 236 g/mol. The summed E-state index contributed by atoms with van der Waals surface area (Å²) in [6, 6.07) is 17.8. The number of rotatable bonds is 3. The fraction of sp³-hybridized carbons (Fsp3) is 0.125. The number of aromatic nitrogens is 1. The molecule has 0 amide bonds. The summed E-state index contributed by atoms with van der Waals surface area (Å²) in [6.45, 7) is 2.88. The highest BCUT2D eigenvalue weighted by Gasteiger charge is 2.17. The lowest BCUT2D eigenvalue weighted by molar-refractivity contribution is 0.805. The van der Waals surface area contributed by atoms with Crippen LogP contribution in [-0.4, -0.2) is 4.57 Å². The summed E-state index contributed by atoms with van der Waals surface area (Å²) < 4.78 is 2.14. The molecule has 0 bridgehead atoms. The molecule has 0 aliphatic rings. The molecule has 1 aromatic heterocycles. The standard InChI is InChI=1S/C16H14N2O/c1-2-18-14-11-7-6-10-13(14)15(17-19)16(18)12-8-4-3-5-9-12/h3-11H,2H2,1H3. The van der Waals surface area contributed by atoms with Crippen LogP contribution in [0.3, 0.4) is 0 Å². The minimum absolute atomic E-state index is 0.531. The molecule has 0 N–H and O–H groups in total. The molecular formula is C16H14N2O. The Hall–Kier alpha value is -2.42. The van der Waals surface area contributed by atoms with Gasteiger partial charge in [-0.2, -0.15) is 0 Å². The summed E-state index contributed by atoms with van der Waals surface area (Å²) in [5, 5.41) is 4.19. The lowest BCUT2D eigenvalue weighted by atomic mass is 10.1.